The zero-order chi connectivity index (χ0) is 14.3. The topological polar surface area (TPSA) is 0 Å². The summed E-state index contributed by atoms with van der Waals surface area (Å²) in [5.41, 5.74) is 1.92. The summed E-state index contributed by atoms with van der Waals surface area (Å²) in [4.78, 5) is 0. The first-order chi connectivity index (χ1) is 9.45. The van der Waals surface area contributed by atoms with E-state index in [-0.39, 0.29) is 51.0 Å². The van der Waals surface area contributed by atoms with Crippen molar-refractivity contribution in [3.05, 3.63) is 65.7 Å². The Balaban J connectivity index is 0.00000161. The second kappa shape index (κ2) is 8.42. The van der Waals surface area contributed by atoms with E-state index in [0.29, 0.717) is 5.56 Å². The number of alkyl halides is 3. The van der Waals surface area contributed by atoms with Crippen LogP contribution in [0.4, 0.5) is 13.2 Å². The molecule has 0 fully saturated rings. The molecule has 0 aromatic heterocycles. The number of benzene rings is 2. The molecule has 0 amide bonds. The zero-order valence-electron chi connectivity index (χ0n) is 12.1. The first kappa shape index (κ1) is 22.3. The van der Waals surface area contributed by atoms with Crippen molar-refractivity contribution in [2.45, 2.75) is 13.1 Å². The van der Waals surface area contributed by atoms with Crippen molar-refractivity contribution in [1.82, 2.24) is 0 Å². The van der Waals surface area contributed by atoms with Crippen LogP contribution in [0, 0.1) is 6.92 Å². The summed E-state index contributed by atoms with van der Waals surface area (Å²) in [5.74, 6) is 0. The Bertz CT molecular complexity index is 779. The molecule has 0 bridgehead atoms. The SMILES string of the molecule is Cc1cc2c(-c3cccc(C(F)(F)F)c3)cccc2[cH-]1.[Cl-].[Cl-].[Zr+3]. The third kappa shape index (κ3) is 4.65. The maximum Gasteiger partial charge on any atom is 3.00 e. The molecule has 23 heavy (non-hydrogen) atoms. The Labute approximate surface area is 164 Å². The van der Waals surface area contributed by atoms with E-state index in [1.54, 1.807) is 6.07 Å². The maximum absolute atomic E-state index is 12.8. The molecule has 0 aliphatic carbocycles. The number of hydrogen-bond donors (Lipinski definition) is 0. The van der Waals surface area contributed by atoms with Crippen molar-refractivity contribution in [3.63, 3.8) is 0 Å². The van der Waals surface area contributed by atoms with Gasteiger partial charge in [0.05, 0.1) is 5.56 Å². The second-order valence-corrected chi connectivity index (χ2v) is 4.92. The van der Waals surface area contributed by atoms with E-state index in [1.807, 2.05) is 37.3 Å². The summed E-state index contributed by atoms with van der Waals surface area (Å²) in [6, 6.07) is 15.2. The molecular weight excluding hydrogens is 423 g/mol. The Morgan fingerprint density at radius 3 is 2.22 bits per heavy atom. The zero-order valence-corrected chi connectivity index (χ0v) is 16.1. The average Bonchev–Trinajstić information content (AvgIpc) is 2.77. The van der Waals surface area contributed by atoms with Crippen molar-refractivity contribution in [2.24, 2.45) is 0 Å². The largest absolute Gasteiger partial charge is 3.00 e. The van der Waals surface area contributed by atoms with E-state index in [0.717, 1.165) is 28.0 Å². The minimum absolute atomic E-state index is 0. The van der Waals surface area contributed by atoms with Crippen LogP contribution in [0.3, 0.4) is 0 Å². The minimum atomic E-state index is -4.31. The van der Waals surface area contributed by atoms with Crippen LogP contribution < -0.4 is 24.8 Å². The molecule has 0 spiro atoms. The molecule has 6 heteroatoms. The molecule has 119 valence electrons. The number of hydrogen-bond acceptors (Lipinski definition) is 0. The molecule has 0 nitrogen and oxygen atoms in total. The van der Waals surface area contributed by atoms with Crippen LogP contribution in [0.2, 0.25) is 0 Å². The molecule has 0 unspecified atom stereocenters. The third-order valence-corrected chi connectivity index (χ3v) is 3.40. The number of aryl methyl sites for hydroxylation is 1. The second-order valence-electron chi connectivity index (χ2n) is 4.92. The Morgan fingerprint density at radius 1 is 0.913 bits per heavy atom. The van der Waals surface area contributed by atoms with E-state index in [9.17, 15) is 13.2 Å². The fourth-order valence-electron chi connectivity index (χ4n) is 2.50. The first-order valence-electron chi connectivity index (χ1n) is 6.29. The smallest absolute Gasteiger partial charge is 1.00 e. The van der Waals surface area contributed by atoms with Gasteiger partial charge in [0.1, 0.15) is 0 Å². The van der Waals surface area contributed by atoms with Gasteiger partial charge < -0.3 is 24.8 Å². The van der Waals surface area contributed by atoms with E-state index < -0.39 is 11.7 Å². The van der Waals surface area contributed by atoms with E-state index in [1.165, 1.54) is 12.1 Å². The summed E-state index contributed by atoms with van der Waals surface area (Å²) in [6.07, 6.45) is -4.31. The van der Waals surface area contributed by atoms with Crippen molar-refractivity contribution in [2.75, 3.05) is 0 Å². The predicted molar refractivity (Wildman–Crippen MR) is 74.7 cm³/mol. The summed E-state index contributed by atoms with van der Waals surface area (Å²) in [5, 5.41) is 2.04. The standard InChI is InChI=1S/C17H12F3.2ClH.Zr/c1-11-8-12-5-3-7-15(16(12)9-11)13-4-2-6-14(10-13)17(18,19)20;;;/h2-10H,1H3;2*1H;/q-1;;;+3/p-2. The van der Waals surface area contributed by atoms with Crippen LogP contribution in [-0.2, 0) is 32.4 Å². The van der Waals surface area contributed by atoms with Crippen LogP contribution in [0.25, 0.3) is 21.9 Å². The Morgan fingerprint density at radius 2 is 1.57 bits per heavy atom. The van der Waals surface area contributed by atoms with E-state index in [4.69, 9.17) is 0 Å². The fraction of sp³-hybridized carbons (Fsp3) is 0.118. The van der Waals surface area contributed by atoms with Gasteiger partial charge in [0.25, 0.3) is 0 Å². The molecule has 0 saturated heterocycles. The molecule has 3 rings (SSSR count). The van der Waals surface area contributed by atoms with Gasteiger partial charge in [0.2, 0.25) is 0 Å². The summed E-state index contributed by atoms with van der Waals surface area (Å²) < 4.78 is 38.4. The van der Waals surface area contributed by atoms with Crippen LogP contribution >= 0.6 is 0 Å². The van der Waals surface area contributed by atoms with Crippen molar-refractivity contribution >= 4 is 10.8 Å². The minimum Gasteiger partial charge on any atom is -1.00 e. The van der Waals surface area contributed by atoms with Gasteiger partial charge in [-0.1, -0.05) is 30.7 Å². The van der Waals surface area contributed by atoms with Crippen molar-refractivity contribution < 1.29 is 64.2 Å². The van der Waals surface area contributed by atoms with Gasteiger partial charge >= 0.3 is 32.4 Å². The van der Waals surface area contributed by atoms with Gasteiger partial charge in [-0.3, -0.25) is 0 Å². The molecule has 0 aliphatic rings. The fourth-order valence-corrected chi connectivity index (χ4v) is 2.50. The number of halogens is 5. The molecule has 0 heterocycles. The van der Waals surface area contributed by atoms with Gasteiger partial charge in [0.15, 0.2) is 0 Å². The van der Waals surface area contributed by atoms with Crippen LogP contribution in [0.15, 0.2) is 54.6 Å². The molecule has 0 N–H and O–H groups in total. The van der Waals surface area contributed by atoms with Crippen LogP contribution in [0.1, 0.15) is 11.1 Å². The summed E-state index contributed by atoms with van der Waals surface area (Å²) in [6.45, 7) is 1.98. The average molecular weight is 435 g/mol. The van der Waals surface area contributed by atoms with Gasteiger partial charge in [-0.05, 0) is 17.7 Å². The Kier molecular flexibility index (Phi) is 8.16. The predicted octanol–water partition coefficient (Wildman–Crippen LogP) is -0.442. The Hall–Kier alpha value is -0.697. The van der Waals surface area contributed by atoms with Gasteiger partial charge in [-0.15, -0.1) is 34.5 Å². The summed E-state index contributed by atoms with van der Waals surface area (Å²) in [7, 11) is 0. The van der Waals surface area contributed by atoms with Crippen molar-refractivity contribution in [1.29, 1.82) is 0 Å². The molecule has 0 aliphatic heterocycles. The molecule has 3 aromatic rings. The van der Waals surface area contributed by atoms with Crippen molar-refractivity contribution in [3.8, 4) is 11.1 Å². The monoisotopic (exact) mass is 433 g/mol. The van der Waals surface area contributed by atoms with Crippen LogP contribution in [-0.4, -0.2) is 0 Å². The third-order valence-electron chi connectivity index (χ3n) is 3.40. The quantitative estimate of drug-likeness (QED) is 0.455. The summed E-state index contributed by atoms with van der Waals surface area (Å²) >= 11 is 0. The first-order valence-corrected chi connectivity index (χ1v) is 6.29. The molecule has 3 aromatic carbocycles. The number of fused-ring (bicyclic) bond motifs is 1. The molecule has 1 radical (unpaired) electrons. The van der Waals surface area contributed by atoms with E-state index in [2.05, 4.69) is 0 Å². The maximum atomic E-state index is 12.8. The number of rotatable bonds is 1. The normalized spacial score (nSPS) is 10.4. The van der Waals surface area contributed by atoms with Gasteiger partial charge in [0, 0.05) is 0 Å². The molecular formula is C17H12Cl2F3Zr. The van der Waals surface area contributed by atoms with E-state index >= 15 is 0 Å². The van der Waals surface area contributed by atoms with Gasteiger partial charge in [-0.2, -0.15) is 19.2 Å². The molecule has 0 saturated carbocycles. The van der Waals surface area contributed by atoms with Gasteiger partial charge in [-0.25, -0.2) is 0 Å². The molecule has 0 atom stereocenters. The van der Waals surface area contributed by atoms with Crippen LogP contribution in [0.5, 0.6) is 0 Å².